The summed E-state index contributed by atoms with van der Waals surface area (Å²) in [6.45, 7) is 3.07. The van der Waals surface area contributed by atoms with E-state index in [9.17, 15) is 9.59 Å². The van der Waals surface area contributed by atoms with Crippen molar-refractivity contribution < 1.29 is 14.3 Å². The Morgan fingerprint density at radius 1 is 1.18 bits per heavy atom. The van der Waals surface area contributed by atoms with Crippen molar-refractivity contribution in [1.82, 2.24) is 9.80 Å². The monoisotopic (exact) mass is 338 g/mol. The maximum Gasteiger partial charge on any atom is 0.294 e. The molecule has 0 spiro atoms. The first-order valence-electron chi connectivity index (χ1n) is 6.94. The molecular formula is C15H15ClN2O3S. The molecule has 0 atom stereocenters. The van der Waals surface area contributed by atoms with Crippen LogP contribution in [0, 0.1) is 0 Å². The second-order valence-electron chi connectivity index (χ2n) is 5.03. The number of hydrogen-bond acceptors (Lipinski definition) is 5. The fourth-order valence-electron chi connectivity index (χ4n) is 2.27. The summed E-state index contributed by atoms with van der Waals surface area (Å²) in [5.74, 6) is -0.239. The van der Waals surface area contributed by atoms with Crippen LogP contribution in [0.2, 0.25) is 5.02 Å². The molecule has 0 unspecified atom stereocenters. The Kier molecular flexibility index (Phi) is 4.83. The lowest BCUT2D eigenvalue weighted by Crippen LogP contribution is -2.45. The molecule has 5 nitrogen and oxygen atoms in total. The van der Waals surface area contributed by atoms with E-state index in [-0.39, 0.29) is 11.1 Å². The SMILES string of the molecule is O=C1SC(=Cc2ccc(Cl)cc2)C(=O)N1CN1CCOCC1. The number of thioether (sulfide) groups is 1. The quantitative estimate of drug-likeness (QED) is 0.793. The Morgan fingerprint density at radius 3 is 2.55 bits per heavy atom. The van der Waals surface area contributed by atoms with Gasteiger partial charge in [-0.1, -0.05) is 23.7 Å². The highest BCUT2D eigenvalue weighted by molar-refractivity contribution is 8.18. The number of hydrogen-bond donors (Lipinski definition) is 0. The van der Waals surface area contributed by atoms with Crippen molar-refractivity contribution in [3.63, 3.8) is 0 Å². The second kappa shape index (κ2) is 6.83. The molecule has 116 valence electrons. The van der Waals surface area contributed by atoms with Crippen molar-refractivity contribution in [3.8, 4) is 0 Å². The third-order valence-corrected chi connectivity index (χ3v) is 4.65. The molecule has 2 aliphatic rings. The summed E-state index contributed by atoms with van der Waals surface area (Å²) >= 11 is 6.82. The first-order valence-corrected chi connectivity index (χ1v) is 8.14. The van der Waals surface area contributed by atoms with Crippen LogP contribution in [-0.2, 0) is 9.53 Å². The van der Waals surface area contributed by atoms with Gasteiger partial charge in [-0.2, -0.15) is 0 Å². The minimum absolute atomic E-state index is 0.225. The third-order valence-electron chi connectivity index (χ3n) is 3.49. The van der Waals surface area contributed by atoms with Gasteiger partial charge in [-0.25, -0.2) is 0 Å². The summed E-state index contributed by atoms with van der Waals surface area (Å²) in [6, 6.07) is 7.15. The van der Waals surface area contributed by atoms with Gasteiger partial charge in [0, 0.05) is 18.1 Å². The van der Waals surface area contributed by atoms with Gasteiger partial charge in [-0.15, -0.1) is 0 Å². The highest BCUT2D eigenvalue weighted by Gasteiger charge is 2.36. The van der Waals surface area contributed by atoms with Crippen LogP contribution in [0.4, 0.5) is 4.79 Å². The predicted molar refractivity (Wildman–Crippen MR) is 86.5 cm³/mol. The lowest BCUT2D eigenvalue weighted by molar-refractivity contribution is -0.125. The van der Waals surface area contributed by atoms with Crippen LogP contribution in [0.15, 0.2) is 29.2 Å². The van der Waals surface area contributed by atoms with E-state index in [1.54, 1.807) is 18.2 Å². The van der Waals surface area contributed by atoms with Crippen LogP contribution in [0.3, 0.4) is 0 Å². The molecule has 0 aromatic heterocycles. The number of carbonyl (C=O) groups is 2. The average molecular weight is 339 g/mol. The zero-order valence-corrected chi connectivity index (χ0v) is 13.4. The number of ether oxygens (including phenoxy) is 1. The number of nitrogens with zero attached hydrogens (tertiary/aromatic N) is 2. The second-order valence-corrected chi connectivity index (χ2v) is 6.46. The Bertz CT molecular complexity index is 612. The molecule has 22 heavy (non-hydrogen) atoms. The molecule has 7 heteroatoms. The van der Waals surface area contributed by atoms with Crippen molar-refractivity contribution in [1.29, 1.82) is 0 Å². The fourth-order valence-corrected chi connectivity index (χ4v) is 3.23. The summed E-state index contributed by atoms with van der Waals surface area (Å²) in [5, 5.41) is 0.411. The molecule has 2 amide bonds. The minimum Gasteiger partial charge on any atom is -0.379 e. The van der Waals surface area contributed by atoms with Gasteiger partial charge in [0.15, 0.2) is 0 Å². The van der Waals surface area contributed by atoms with E-state index in [1.807, 2.05) is 17.0 Å². The van der Waals surface area contributed by atoms with Crippen molar-refractivity contribution in [2.24, 2.45) is 0 Å². The van der Waals surface area contributed by atoms with Crippen molar-refractivity contribution >= 4 is 40.6 Å². The number of morpholine rings is 1. The Labute approximate surface area is 137 Å². The molecule has 0 saturated carbocycles. The van der Waals surface area contributed by atoms with Crippen molar-refractivity contribution in [2.45, 2.75) is 0 Å². The topological polar surface area (TPSA) is 49.9 Å². The fraction of sp³-hybridized carbons (Fsp3) is 0.333. The first-order chi connectivity index (χ1) is 10.6. The smallest absolute Gasteiger partial charge is 0.294 e. The largest absolute Gasteiger partial charge is 0.379 e. The standard InChI is InChI=1S/C15H15ClN2O3S/c16-12-3-1-11(2-4-12)9-13-14(19)18(15(20)22-13)10-17-5-7-21-8-6-17/h1-4,9H,5-8,10H2. The van der Waals surface area contributed by atoms with Gasteiger partial charge in [0.2, 0.25) is 0 Å². The molecule has 2 heterocycles. The van der Waals surface area contributed by atoms with E-state index >= 15 is 0 Å². The molecule has 1 aromatic carbocycles. The van der Waals surface area contributed by atoms with Gasteiger partial charge in [0.25, 0.3) is 11.1 Å². The first kappa shape index (κ1) is 15.6. The number of rotatable bonds is 3. The summed E-state index contributed by atoms with van der Waals surface area (Å²) in [7, 11) is 0. The van der Waals surface area contributed by atoms with Gasteiger partial charge < -0.3 is 4.74 Å². The van der Waals surface area contributed by atoms with Gasteiger partial charge in [-0.3, -0.25) is 19.4 Å². The maximum absolute atomic E-state index is 12.4. The molecule has 0 N–H and O–H groups in total. The Balaban J connectivity index is 1.71. The van der Waals surface area contributed by atoms with Gasteiger partial charge in [-0.05, 0) is 35.5 Å². The zero-order valence-electron chi connectivity index (χ0n) is 11.8. The molecule has 0 aliphatic carbocycles. The van der Waals surface area contributed by atoms with E-state index in [0.717, 1.165) is 30.4 Å². The van der Waals surface area contributed by atoms with E-state index in [2.05, 4.69) is 0 Å². The molecule has 3 rings (SSSR count). The van der Waals surface area contributed by atoms with Gasteiger partial charge >= 0.3 is 0 Å². The molecular weight excluding hydrogens is 324 g/mol. The van der Waals surface area contributed by atoms with E-state index in [0.29, 0.717) is 29.8 Å². The summed E-state index contributed by atoms with van der Waals surface area (Å²) < 4.78 is 5.27. The van der Waals surface area contributed by atoms with E-state index < -0.39 is 0 Å². The third kappa shape index (κ3) is 3.52. The number of imide groups is 1. The van der Waals surface area contributed by atoms with Gasteiger partial charge in [0.1, 0.15) is 0 Å². The molecule has 2 fully saturated rings. The van der Waals surface area contributed by atoms with Crippen LogP contribution >= 0.6 is 23.4 Å². The molecule has 0 radical (unpaired) electrons. The summed E-state index contributed by atoms with van der Waals surface area (Å²) in [6.07, 6.45) is 1.72. The van der Waals surface area contributed by atoms with Crippen LogP contribution in [0.1, 0.15) is 5.56 Å². The molecule has 2 saturated heterocycles. The van der Waals surface area contributed by atoms with Crippen LogP contribution in [0.5, 0.6) is 0 Å². The lowest BCUT2D eigenvalue weighted by Gasteiger charge is -2.29. The molecule has 0 bridgehead atoms. The zero-order chi connectivity index (χ0) is 15.5. The van der Waals surface area contributed by atoms with Crippen LogP contribution < -0.4 is 0 Å². The number of benzene rings is 1. The lowest BCUT2D eigenvalue weighted by atomic mass is 10.2. The van der Waals surface area contributed by atoms with Crippen LogP contribution in [0.25, 0.3) is 6.08 Å². The number of carbonyl (C=O) groups excluding carboxylic acids is 2. The molecule has 1 aromatic rings. The minimum atomic E-state index is -0.239. The number of halogens is 1. The summed E-state index contributed by atoms with van der Waals surface area (Å²) in [4.78, 5) is 28.2. The highest BCUT2D eigenvalue weighted by atomic mass is 35.5. The Hall–Kier alpha value is -1.34. The predicted octanol–water partition coefficient (Wildman–Crippen LogP) is 2.67. The van der Waals surface area contributed by atoms with E-state index in [4.69, 9.17) is 16.3 Å². The number of amides is 2. The van der Waals surface area contributed by atoms with Crippen molar-refractivity contribution in [3.05, 3.63) is 39.8 Å². The maximum atomic E-state index is 12.4. The highest BCUT2D eigenvalue weighted by Crippen LogP contribution is 2.32. The Morgan fingerprint density at radius 2 is 1.86 bits per heavy atom. The molecule has 2 aliphatic heterocycles. The average Bonchev–Trinajstić information content (AvgIpc) is 2.78. The van der Waals surface area contributed by atoms with Crippen LogP contribution in [-0.4, -0.2) is 53.9 Å². The van der Waals surface area contributed by atoms with Gasteiger partial charge in [0.05, 0.1) is 24.8 Å². The van der Waals surface area contributed by atoms with Crippen molar-refractivity contribution in [2.75, 3.05) is 33.0 Å². The normalized spacial score (nSPS) is 21.9. The van der Waals surface area contributed by atoms with E-state index in [1.165, 1.54) is 4.90 Å². The summed E-state index contributed by atoms with van der Waals surface area (Å²) in [5.41, 5.74) is 0.848.